The van der Waals surface area contributed by atoms with E-state index in [-0.39, 0.29) is 24.6 Å². The van der Waals surface area contributed by atoms with Crippen molar-refractivity contribution in [2.75, 3.05) is 7.11 Å². The molecule has 0 aromatic heterocycles. The molecule has 0 unspecified atom stereocenters. The Hall–Kier alpha value is -0.930. The third-order valence-electron chi connectivity index (χ3n) is 2.07. The van der Waals surface area contributed by atoms with Crippen molar-refractivity contribution < 1.29 is 9.47 Å². The molecule has 0 heterocycles. The molecule has 0 aliphatic heterocycles. The molecule has 1 aromatic rings. The summed E-state index contributed by atoms with van der Waals surface area (Å²) in [7, 11) is 1.64. The Bertz CT molecular complexity index is 327. The fourth-order valence-electron chi connectivity index (χ4n) is 1.41. The van der Waals surface area contributed by atoms with E-state index in [0.717, 1.165) is 17.1 Å². The summed E-state index contributed by atoms with van der Waals surface area (Å²) < 4.78 is 10.8. The standard InChI is InChI=1S/C12H19NO2.ClH/c1-8(2)15-10-5-6-11(9(3)13)12(7-10)14-4;/h5-9H,13H2,1-4H3;1H/t9-;/m1./s1. The van der Waals surface area contributed by atoms with Gasteiger partial charge in [0.05, 0.1) is 13.2 Å². The van der Waals surface area contributed by atoms with Crippen LogP contribution >= 0.6 is 12.4 Å². The monoisotopic (exact) mass is 245 g/mol. The van der Waals surface area contributed by atoms with Gasteiger partial charge in [0.1, 0.15) is 11.5 Å². The van der Waals surface area contributed by atoms with Gasteiger partial charge < -0.3 is 15.2 Å². The lowest BCUT2D eigenvalue weighted by molar-refractivity contribution is 0.241. The molecule has 0 saturated heterocycles. The lowest BCUT2D eigenvalue weighted by Crippen LogP contribution is -2.09. The molecule has 16 heavy (non-hydrogen) atoms. The van der Waals surface area contributed by atoms with Gasteiger partial charge in [-0.2, -0.15) is 0 Å². The molecule has 2 N–H and O–H groups in total. The third kappa shape index (κ3) is 3.91. The van der Waals surface area contributed by atoms with Crippen molar-refractivity contribution >= 4 is 12.4 Å². The van der Waals surface area contributed by atoms with Crippen LogP contribution in [0.2, 0.25) is 0 Å². The summed E-state index contributed by atoms with van der Waals surface area (Å²) in [5.41, 5.74) is 6.81. The van der Waals surface area contributed by atoms with E-state index in [1.165, 1.54) is 0 Å². The molecule has 0 spiro atoms. The zero-order valence-corrected chi connectivity index (χ0v) is 11.0. The van der Waals surface area contributed by atoms with Crippen LogP contribution in [0.4, 0.5) is 0 Å². The normalized spacial score (nSPS) is 11.9. The van der Waals surface area contributed by atoms with E-state index in [1.807, 2.05) is 39.0 Å². The maximum atomic E-state index is 5.82. The fourth-order valence-corrected chi connectivity index (χ4v) is 1.41. The molecule has 0 aliphatic carbocycles. The van der Waals surface area contributed by atoms with Gasteiger partial charge in [0.15, 0.2) is 0 Å². The van der Waals surface area contributed by atoms with E-state index in [1.54, 1.807) is 7.11 Å². The minimum absolute atomic E-state index is 0. The number of methoxy groups -OCH3 is 1. The van der Waals surface area contributed by atoms with Crippen molar-refractivity contribution in [1.29, 1.82) is 0 Å². The summed E-state index contributed by atoms with van der Waals surface area (Å²) in [6.07, 6.45) is 0.163. The number of hydrogen-bond acceptors (Lipinski definition) is 3. The van der Waals surface area contributed by atoms with Crippen LogP contribution in [-0.2, 0) is 0 Å². The average Bonchev–Trinajstić information content (AvgIpc) is 2.16. The Kier molecular flexibility index (Phi) is 6.22. The van der Waals surface area contributed by atoms with Crippen LogP contribution in [-0.4, -0.2) is 13.2 Å². The summed E-state index contributed by atoms with van der Waals surface area (Å²) >= 11 is 0. The Morgan fingerprint density at radius 1 is 1.19 bits per heavy atom. The van der Waals surface area contributed by atoms with Gasteiger partial charge in [-0.25, -0.2) is 0 Å². The lowest BCUT2D eigenvalue weighted by Gasteiger charge is -2.15. The molecule has 1 aromatic carbocycles. The molecule has 0 bridgehead atoms. The van der Waals surface area contributed by atoms with Crippen LogP contribution in [0.1, 0.15) is 32.4 Å². The topological polar surface area (TPSA) is 44.5 Å². The van der Waals surface area contributed by atoms with Gasteiger partial charge in [0.2, 0.25) is 0 Å². The highest BCUT2D eigenvalue weighted by atomic mass is 35.5. The number of ether oxygens (including phenoxy) is 2. The quantitative estimate of drug-likeness (QED) is 0.887. The summed E-state index contributed by atoms with van der Waals surface area (Å²) in [6, 6.07) is 5.70. The smallest absolute Gasteiger partial charge is 0.127 e. The second-order valence-corrected chi connectivity index (χ2v) is 3.86. The average molecular weight is 246 g/mol. The van der Waals surface area contributed by atoms with Crippen LogP contribution in [0.5, 0.6) is 11.5 Å². The zero-order chi connectivity index (χ0) is 11.4. The minimum atomic E-state index is -0.0342. The second-order valence-electron chi connectivity index (χ2n) is 3.86. The molecule has 0 aliphatic rings. The van der Waals surface area contributed by atoms with Crippen LogP contribution < -0.4 is 15.2 Å². The Morgan fingerprint density at radius 3 is 2.25 bits per heavy atom. The van der Waals surface area contributed by atoms with E-state index >= 15 is 0 Å². The van der Waals surface area contributed by atoms with E-state index in [0.29, 0.717) is 0 Å². The van der Waals surface area contributed by atoms with Gasteiger partial charge in [-0.3, -0.25) is 0 Å². The number of hydrogen-bond donors (Lipinski definition) is 1. The molecule has 92 valence electrons. The van der Waals surface area contributed by atoms with Gasteiger partial charge in [-0.05, 0) is 26.8 Å². The van der Waals surface area contributed by atoms with Crippen LogP contribution in [0.25, 0.3) is 0 Å². The van der Waals surface area contributed by atoms with E-state index in [4.69, 9.17) is 15.2 Å². The van der Waals surface area contributed by atoms with Crippen molar-refractivity contribution in [2.24, 2.45) is 5.73 Å². The first-order valence-electron chi connectivity index (χ1n) is 5.14. The number of halogens is 1. The van der Waals surface area contributed by atoms with Crippen molar-refractivity contribution in [3.8, 4) is 11.5 Å². The van der Waals surface area contributed by atoms with Crippen LogP contribution in [0.15, 0.2) is 18.2 Å². The van der Waals surface area contributed by atoms with Crippen molar-refractivity contribution in [2.45, 2.75) is 32.9 Å². The molecular formula is C12H20ClNO2. The highest BCUT2D eigenvalue weighted by Gasteiger charge is 2.09. The lowest BCUT2D eigenvalue weighted by atomic mass is 10.1. The predicted octanol–water partition coefficient (Wildman–Crippen LogP) is 2.92. The van der Waals surface area contributed by atoms with Gasteiger partial charge in [0.25, 0.3) is 0 Å². The highest BCUT2D eigenvalue weighted by molar-refractivity contribution is 5.85. The largest absolute Gasteiger partial charge is 0.496 e. The zero-order valence-electron chi connectivity index (χ0n) is 10.2. The SMILES string of the molecule is COc1cc(OC(C)C)ccc1[C@@H](C)N.Cl. The van der Waals surface area contributed by atoms with E-state index in [2.05, 4.69) is 0 Å². The minimum Gasteiger partial charge on any atom is -0.496 e. The Balaban J connectivity index is 0.00000225. The van der Waals surface area contributed by atoms with Crippen LogP contribution in [0.3, 0.4) is 0 Å². The predicted molar refractivity (Wildman–Crippen MR) is 68.6 cm³/mol. The third-order valence-corrected chi connectivity index (χ3v) is 2.07. The molecule has 0 amide bonds. The molecule has 3 nitrogen and oxygen atoms in total. The molecule has 0 saturated carbocycles. The van der Waals surface area contributed by atoms with E-state index < -0.39 is 0 Å². The summed E-state index contributed by atoms with van der Waals surface area (Å²) in [5, 5.41) is 0. The number of rotatable bonds is 4. The molecule has 1 atom stereocenters. The van der Waals surface area contributed by atoms with Gasteiger partial charge in [-0.15, -0.1) is 12.4 Å². The Labute approximate surface area is 103 Å². The van der Waals surface area contributed by atoms with Crippen molar-refractivity contribution in [3.05, 3.63) is 23.8 Å². The maximum absolute atomic E-state index is 5.82. The van der Waals surface area contributed by atoms with Crippen LogP contribution in [0, 0.1) is 0 Å². The molecule has 4 heteroatoms. The van der Waals surface area contributed by atoms with Gasteiger partial charge in [-0.1, -0.05) is 6.07 Å². The molecule has 0 radical (unpaired) electrons. The summed E-state index contributed by atoms with van der Waals surface area (Å²) in [5.74, 6) is 1.59. The highest BCUT2D eigenvalue weighted by Crippen LogP contribution is 2.28. The first-order valence-corrected chi connectivity index (χ1v) is 5.14. The van der Waals surface area contributed by atoms with Crippen molar-refractivity contribution in [3.63, 3.8) is 0 Å². The van der Waals surface area contributed by atoms with E-state index in [9.17, 15) is 0 Å². The first-order chi connectivity index (χ1) is 7.04. The first kappa shape index (κ1) is 15.1. The molecule has 1 rings (SSSR count). The van der Waals surface area contributed by atoms with Crippen molar-refractivity contribution in [1.82, 2.24) is 0 Å². The maximum Gasteiger partial charge on any atom is 0.127 e. The molecule has 0 fully saturated rings. The second kappa shape index (κ2) is 6.61. The molecular weight excluding hydrogens is 226 g/mol. The number of benzene rings is 1. The summed E-state index contributed by atoms with van der Waals surface area (Å²) in [6.45, 7) is 5.92. The van der Waals surface area contributed by atoms with Gasteiger partial charge >= 0.3 is 0 Å². The fraction of sp³-hybridized carbons (Fsp3) is 0.500. The summed E-state index contributed by atoms with van der Waals surface area (Å²) in [4.78, 5) is 0. The Morgan fingerprint density at radius 2 is 1.81 bits per heavy atom. The van der Waals surface area contributed by atoms with Gasteiger partial charge in [0, 0.05) is 17.7 Å². The number of nitrogens with two attached hydrogens (primary N) is 1.